The largest absolute Gasteiger partial charge is 0.493 e. The van der Waals surface area contributed by atoms with Gasteiger partial charge in [-0.25, -0.2) is 0 Å². The van der Waals surface area contributed by atoms with Gasteiger partial charge in [0.1, 0.15) is 5.75 Å². The van der Waals surface area contributed by atoms with Gasteiger partial charge in [0.2, 0.25) is 0 Å². The third-order valence-electron chi connectivity index (χ3n) is 1.82. The van der Waals surface area contributed by atoms with Gasteiger partial charge in [0, 0.05) is 12.2 Å². The number of unbranched alkanes of at least 4 members (excludes halogenated alkanes) is 1. The lowest BCUT2D eigenvalue weighted by atomic mass is 10.3. The van der Waals surface area contributed by atoms with E-state index in [0.29, 0.717) is 6.42 Å². The van der Waals surface area contributed by atoms with Gasteiger partial charge in [0.15, 0.2) is 0 Å². The molecule has 0 heterocycles. The van der Waals surface area contributed by atoms with Gasteiger partial charge in [-0.3, -0.25) is 0 Å². The third kappa shape index (κ3) is 6.03. The van der Waals surface area contributed by atoms with E-state index in [0.717, 1.165) is 30.3 Å². The Bertz CT molecular complexity index is 294. The molecule has 80 valence electrons. The fourth-order valence-electron chi connectivity index (χ4n) is 1.09. The van der Waals surface area contributed by atoms with Crippen LogP contribution < -0.4 is 4.74 Å². The van der Waals surface area contributed by atoms with E-state index in [1.54, 1.807) is 0 Å². The zero-order chi connectivity index (χ0) is 10.8. The molecule has 0 bridgehead atoms. The van der Waals surface area contributed by atoms with Crippen LogP contribution in [0.3, 0.4) is 0 Å². The molecule has 0 N–H and O–H groups in total. The summed E-state index contributed by atoms with van der Waals surface area (Å²) in [7, 11) is 0. The molecule has 1 aromatic carbocycles. The summed E-state index contributed by atoms with van der Waals surface area (Å²) in [6.45, 7) is 0.737. The zero-order valence-corrected chi connectivity index (χ0v) is 9.50. The summed E-state index contributed by atoms with van der Waals surface area (Å²) in [4.78, 5) is 0. The maximum absolute atomic E-state index is 8.33. The van der Waals surface area contributed by atoms with Crippen molar-refractivity contribution in [2.24, 2.45) is 0 Å². The summed E-state index contributed by atoms with van der Waals surface area (Å²) in [5, 5.41) is 8.33. The number of thioether (sulfide) groups is 1. The number of para-hydroxylation sites is 1. The highest BCUT2D eigenvalue weighted by Crippen LogP contribution is 2.09. The van der Waals surface area contributed by atoms with E-state index >= 15 is 0 Å². The lowest BCUT2D eigenvalue weighted by Gasteiger charge is -2.04. The zero-order valence-electron chi connectivity index (χ0n) is 8.69. The molecule has 0 aliphatic carbocycles. The first-order chi connectivity index (χ1) is 7.43. The van der Waals surface area contributed by atoms with Crippen LogP contribution in [0.1, 0.15) is 12.8 Å². The van der Waals surface area contributed by atoms with E-state index in [1.807, 2.05) is 42.1 Å². The van der Waals surface area contributed by atoms with Gasteiger partial charge in [-0.1, -0.05) is 18.2 Å². The number of ether oxygens (including phenoxy) is 1. The number of hydrogen-bond donors (Lipinski definition) is 0. The Morgan fingerprint density at radius 3 is 2.73 bits per heavy atom. The van der Waals surface area contributed by atoms with Gasteiger partial charge in [-0.05, 0) is 24.3 Å². The van der Waals surface area contributed by atoms with E-state index in [4.69, 9.17) is 10.00 Å². The predicted molar refractivity (Wildman–Crippen MR) is 64.1 cm³/mol. The first-order valence-corrected chi connectivity index (χ1v) is 6.21. The minimum atomic E-state index is 0.659. The molecule has 2 nitrogen and oxygen atoms in total. The first-order valence-electron chi connectivity index (χ1n) is 5.06. The smallest absolute Gasteiger partial charge is 0.119 e. The molecule has 1 aromatic rings. The van der Waals surface area contributed by atoms with E-state index in [-0.39, 0.29) is 0 Å². The fourth-order valence-corrected chi connectivity index (χ4v) is 1.84. The van der Waals surface area contributed by atoms with Crippen LogP contribution in [-0.2, 0) is 0 Å². The second-order valence-electron chi connectivity index (χ2n) is 3.04. The third-order valence-corrected chi connectivity index (χ3v) is 2.85. The van der Waals surface area contributed by atoms with E-state index in [2.05, 4.69) is 6.07 Å². The Kier molecular flexibility index (Phi) is 6.52. The summed E-state index contributed by atoms with van der Waals surface area (Å²) in [5.74, 6) is 2.96. The average molecular weight is 221 g/mol. The van der Waals surface area contributed by atoms with Crippen LogP contribution >= 0.6 is 11.8 Å². The SMILES string of the molecule is N#CCCCSCCOc1ccccc1. The molecule has 1 rings (SSSR count). The van der Waals surface area contributed by atoms with Crippen LogP contribution in [0.15, 0.2) is 30.3 Å². The summed E-state index contributed by atoms with van der Waals surface area (Å²) in [5.41, 5.74) is 0. The molecule has 0 aliphatic rings. The summed E-state index contributed by atoms with van der Waals surface area (Å²) in [6, 6.07) is 12.0. The molecule has 0 fully saturated rings. The van der Waals surface area contributed by atoms with Gasteiger partial charge in [-0.2, -0.15) is 17.0 Å². The second-order valence-corrected chi connectivity index (χ2v) is 4.26. The Hall–Kier alpha value is -1.14. The highest BCUT2D eigenvalue weighted by atomic mass is 32.2. The predicted octanol–water partition coefficient (Wildman–Crippen LogP) is 3.10. The summed E-state index contributed by atoms with van der Waals surface area (Å²) in [6.07, 6.45) is 1.64. The van der Waals surface area contributed by atoms with Gasteiger partial charge >= 0.3 is 0 Å². The molecule has 3 heteroatoms. The average Bonchev–Trinajstić information content (AvgIpc) is 2.29. The van der Waals surface area contributed by atoms with Crippen LogP contribution in [0.25, 0.3) is 0 Å². The molecule has 0 saturated carbocycles. The number of rotatable bonds is 7. The molecule has 0 radical (unpaired) electrons. The molecule has 0 aliphatic heterocycles. The molecule has 0 saturated heterocycles. The molecular formula is C12H15NOS. The normalized spacial score (nSPS) is 9.53. The van der Waals surface area contributed by atoms with Crippen LogP contribution in [0.4, 0.5) is 0 Å². The van der Waals surface area contributed by atoms with Crippen LogP contribution in [0.5, 0.6) is 5.75 Å². The van der Waals surface area contributed by atoms with E-state index < -0.39 is 0 Å². The highest BCUT2D eigenvalue weighted by molar-refractivity contribution is 7.99. The lowest BCUT2D eigenvalue weighted by molar-refractivity contribution is 0.344. The van der Waals surface area contributed by atoms with Crippen molar-refractivity contribution < 1.29 is 4.74 Å². The fraction of sp³-hybridized carbons (Fsp3) is 0.417. The van der Waals surface area contributed by atoms with Crippen molar-refractivity contribution in [3.05, 3.63) is 30.3 Å². The van der Waals surface area contributed by atoms with Crippen molar-refractivity contribution in [1.29, 1.82) is 5.26 Å². The molecule has 0 atom stereocenters. The Balaban J connectivity index is 1.96. The quantitative estimate of drug-likeness (QED) is 0.663. The van der Waals surface area contributed by atoms with Crippen LogP contribution in [-0.4, -0.2) is 18.1 Å². The molecular weight excluding hydrogens is 206 g/mol. The Morgan fingerprint density at radius 1 is 1.20 bits per heavy atom. The van der Waals surface area contributed by atoms with Crippen molar-refractivity contribution in [2.75, 3.05) is 18.1 Å². The molecule has 0 aromatic heterocycles. The Labute approximate surface area is 95.3 Å². The van der Waals surface area contributed by atoms with Crippen LogP contribution in [0, 0.1) is 11.3 Å². The number of benzene rings is 1. The van der Waals surface area contributed by atoms with Gasteiger partial charge in [-0.15, -0.1) is 0 Å². The van der Waals surface area contributed by atoms with Crippen LogP contribution in [0.2, 0.25) is 0 Å². The Morgan fingerprint density at radius 2 is 2.00 bits per heavy atom. The van der Waals surface area contributed by atoms with E-state index in [1.165, 1.54) is 0 Å². The minimum absolute atomic E-state index is 0.659. The van der Waals surface area contributed by atoms with Gasteiger partial charge in [0.05, 0.1) is 12.7 Å². The second kappa shape index (κ2) is 8.19. The van der Waals surface area contributed by atoms with Crippen molar-refractivity contribution in [1.82, 2.24) is 0 Å². The molecule has 15 heavy (non-hydrogen) atoms. The van der Waals surface area contributed by atoms with Gasteiger partial charge in [0.25, 0.3) is 0 Å². The lowest BCUT2D eigenvalue weighted by Crippen LogP contribution is -2.00. The minimum Gasteiger partial charge on any atom is -0.493 e. The van der Waals surface area contributed by atoms with Crippen molar-refractivity contribution >= 4 is 11.8 Å². The maximum atomic E-state index is 8.33. The molecule has 0 unspecified atom stereocenters. The van der Waals surface area contributed by atoms with Crippen molar-refractivity contribution in [2.45, 2.75) is 12.8 Å². The standard InChI is InChI=1S/C12H15NOS/c13-8-4-5-10-15-11-9-14-12-6-2-1-3-7-12/h1-3,6-7H,4-5,9-11H2. The van der Waals surface area contributed by atoms with Gasteiger partial charge < -0.3 is 4.74 Å². The van der Waals surface area contributed by atoms with Crippen molar-refractivity contribution in [3.63, 3.8) is 0 Å². The maximum Gasteiger partial charge on any atom is 0.119 e. The molecule has 0 spiro atoms. The molecule has 0 amide bonds. The first kappa shape index (κ1) is 11.9. The van der Waals surface area contributed by atoms with E-state index in [9.17, 15) is 0 Å². The monoisotopic (exact) mass is 221 g/mol. The summed E-state index contributed by atoms with van der Waals surface area (Å²) >= 11 is 1.84. The number of nitrogens with zero attached hydrogens (tertiary/aromatic N) is 1. The topological polar surface area (TPSA) is 33.0 Å². The van der Waals surface area contributed by atoms with Crippen molar-refractivity contribution in [3.8, 4) is 11.8 Å². The number of nitriles is 1. The summed E-state index contributed by atoms with van der Waals surface area (Å²) < 4.78 is 5.53. The highest BCUT2D eigenvalue weighted by Gasteiger charge is 1.92. The number of hydrogen-bond acceptors (Lipinski definition) is 3.